The maximum atomic E-state index is 12.1. The molecular weight excluding hydrogens is 304 g/mol. The Morgan fingerprint density at radius 1 is 1.17 bits per heavy atom. The van der Waals surface area contributed by atoms with Crippen molar-refractivity contribution in [3.63, 3.8) is 0 Å². The molecule has 0 saturated heterocycles. The first kappa shape index (κ1) is 18.3. The lowest BCUT2D eigenvalue weighted by molar-refractivity contribution is -0.136. The Morgan fingerprint density at radius 3 is 2.33 bits per heavy atom. The summed E-state index contributed by atoms with van der Waals surface area (Å²) < 4.78 is 0. The van der Waals surface area contributed by atoms with Gasteiger partial charge in [-0.05, 0) is 63.5 Å². The highest BCUT2D eigenvalue weighted by Gasteiger charge is 2.33. The molecule has 1 atom stereocenters. The molecule has 2 rings (SSSR count). The highest BCUT2D eigenvalue weighted by Crippen LogP contribution is 2.34. The van der Waals surface area contributed by atoms with Gasteiger partial charge in [0, 0.05) is 38.1 Å². The summed E-state index contributed by atoms with van der Waals surface area (Å²) in [5.41, 5.74) is 2.75. The number of nitrogens with zero attached hydrogens (tertiary/aromatic N) is 2. The molecule has 0 spiro atoms. The zero-order valence-corrected chi connectivity index (χ0v) is 15.2. The van der Waals surface area contributed by atoms with Crippen LogP contribution < -0.4 is 15.5 Å². The van der Waals surface area contributed by atoms with E-state index in [1.54, 1.807) is 6.07 Å². The lowest BCUT2D eigenvalue weighted by Crippen LogP contribution is -2.45. The number of hydrogen-bond acceptors (Lipinski definition) is 4. The Hall–Kier alpha value is -2.08. The van der Waals surface area contributed by atoms with Gasteiger partial charge in [0.15, 0.2) is 0 Å². The van der Waals surface area contributed by atoms with Crippen LogP contribution in [0.5, 0.6) is 0 Å². The molecule has 6 heteroatoms. The summed E-state index contributed by atoms with van der Waals surface area (Å²) in [4.78, 5) is 28.2. The maximum Gasteiger partial charge on any atom is 0.313 e. The Bertz CT molecular complexity index is 607. The molecular formula is C18H28N4O2. The van der Waals surface area contributed by atoms with Crippen LogP contribution >= 0.6 is 0 Å². The Balaban J connectivity index is 1.89. The molecule has 0 bridgehead atoms. The molecule has 132 valence electrons. The minimum absolute atomic E-state index is 0.295. The number of benzene rings is 1. The van der Waals surface area contributed by atoms with Crippen molar-refractivity contribution in [3.05, 3.63) is 23.8 Å². The molecule has 1 aromatic rings. The summed E-state index contributed by atoms with van der Waals surface area (Å²) in [6, 6.07) is 5.90. The van der Waals surface area contributed by atoms with Crippen molar-refractivity contribution in [2.24, 2.45) is 5.92 Å². The maximum absolute atomic E-state index is 12.1. The molecule has 1 aliphatic rings. The van der Waals surface area contributed by atoms with E-state index >= 15 is 0 Å². The highest BCUT2D eigenvalue weighted by molar-refractivity contribution is 6.39. The van der Waals surface area contributed by atoms with Crippen LogP contribution in [0.15, 0.2) is 18.2 Å². The fraction of sp³-hybridized carbons (Fsp3) is 0.556. The van der Waals surface area contributed by atoms with Crippen LogP contribution in [-0.4, -0.2) is 57.5 Å². The van der Waals surface area contributed by atoms with Gasteiger partial charge in [-0.1, -0.05) is 0 Å². The normalized spacial score (nSPS) is 15.1. The predicted octanol–water partition coefficient (Wildman–Crippen LogP) is 1.46. The van der Waals surface area contributed by atoms with Gasteiger partial charge < -0.3 is 20.4 Å². The summed E-state index contributed by atoms with van der Waals surface area (Å²) in [5.74, 6) is -0.582. The molecule has 0 heterocycles. The van der Waals surface area contributed by atoms with Crippen molar-refractivity contribution in [3.8, 4) is 0 Å². The van der Waals surface area contributed by atoms with Gasteiger partial charge in [0.1, 0.15) is 0 Å². The molecule has 0 aromatic heterocycles. The Labute approximate surface area is 144 Å². The van der Waals surface area contributed by atoms with Gasteiger partial charge in [0.2, 0.25) is 0 Å². The summed E-state index contributed by atoms with van der Waals surface area (Å²) in [6.07, 6.45) is 2.39. The van der Waals surface area contributed by atoms with E-state index in [2.05, 4.69) is 15.5 Å². The van der Waals surface area contributed by atoms with Crippen molar-refractivity contribution < 1.29 is 9.59 Å². The monoisotopic (exact) mass is 332 g/mol. The zero-order chi connectivity index (χ0) is 17.9. The molecule has 0 aliphatic heterocycles. The zero-order valence-electron chi connectivity index (χ0n) is 15.2. The van der Waals surface area contributed by atoms with E-state index in [1.807, 2.05) is 52.1 Å². The van der Waals surface area contributed by atoms with E-state index in [-0.39, 0.29) is 0 Å². The lowest BCUT2D eigenvalue weighted by Gasteiger charge is -2.24. The third-order valence-electron chi connectivity index (χ3n) is 4.44. The molecule has 2 amide bonds. The van der Waals surface area contributed by atoms with Crippen LogP contribution in [0.4, 0.5) is 11.4 Å². The van der Waals surface area contributed by atoms with Gasteiger partial charge in [-0.25, -0.2) is 0 Å². The van der Waals surface area contributed by atoms with Gasteiger partial charge in [-0.15, -0.1) is 0 Å². The molecule has 6 nitrogen and oxygen atoms in total. The Morgan fingerprint density at radius 2 is 1.83 bits per heavy atom. The van der Waals surface area contributed by atoms with Crippen molar-refractivity contribution >= 4 is 23.2 Å². The summed E-state index contributed by atoms with van der Waals surface area (Å²) in [6.45, 7) is 2.48. The first-order valence-electron chi connectivity index (χ1n) is 8.33. The minimum Gasteiger partial charge on any atom is -0.377 e. The number of hydrogen-bond donors (Lipinski definition) is 2. The van der Waals surface area contributed by atoms with E-state index in [0.717, 1.165) is 11.3 Å². The fourth-order valence-corrected chi connectivity index (χ4v) is 2.95. The molecule has 1 fully saturated rings. The summed E-state index contributed by atoms with van der Waals surface area (Å²) in [7, 11) is 7.94. The summed E-state index contributed by atoms with van der Waals surface area (Å²) >= 11 is 0. The average Bonchev–Trinajstić information content (AvgIpc) is 3.31. The molecule has 1 aliphatic carbocycles. The number of carbonyl (C=O) groups excluding carboxylic acids is 2. The van der Waals surface area contributed by atoms with Gasteiger partial charge >= 0.3 is 11.8 Å². The van der Waals surface area contributed by atoms with Crippen molar-refractivity contribution in [1.82, 2.24) is 10.2 Å². The quantitative estimate of drug-likeness (QED) is 0.774. The van der Waals surface area contributed by atoms with Crippen molar-refractivity contribution in [1.29, 1.82) is 0 Å². The van der Waals surface area contributed by atoms with Gasteiger partial charge in [0.05, 0.1) is 0 Å². The van der Waals surface area contributed by atoms with Gasteiger partial charge in [-0.3, -0.25) is 9.59 Å². The summed E-state index contributed by atoms with van der Waals surface area (Å²) in [5, 5.41) is 5.41. The van der Waals surface area contributed by atoms with E-state index in [9.17, 15) is 9.59 Å². The van der Waals surface area contributed by atoms with Gasteiger partial charge in [-0.2, -0.15) is 0 Å². The van der Waals surface area contributed by atoms with Crippen molar-refractivity contribution in [2.75, 3.05) is 45.0 Å². The second-order valence-electron chi connectivity index (χ2n) is 6.93. The van der Waals surface area contributed by atoms with Crippen LogP contribution in [0.1, 0.15) is 18.4 Å². The third-order valence-corrected chi connectivity index (χ3v) is 4.44. The van der Waals surface area contributed by atoms with E-state index < -0.39 is 11.8 Å². The SMILES string of the molecule is Cc1cc(NC(=O)C(=O)NCC(C2CC2)N(C)C)ccc1N(C)C. The van der Waals surface area contributed by atoms with Crippen LogP contribution in [0.2, 0.25) is 0 Å². The van der Waals surface area contributed by atoms with Crippen LogP contribution in [0.25, 0.3) is 0 Å². The molecule has 24 heavy (non-hydrogen) atoms. The standard InChI is InChI=1S/C18H28N4O2/c1-12-10-14(8-9-15(12)21(2)3)20-18(24)17(23)19-11-16(22(4)5)13-6-7-13/h8-10,13,16H,6-7,11H2,1-5H3,(H,19,23)(H,20,24). The molecule has 0 radical (unpaired) electrons. The number of amides is 2. The third kappa shape index (κ3) is 4.71. The number of anilines is 2. The predicted molar refractivity (Wildman–Crippen MR) is 97.3 cm³/mol. The first-order chi connectivity index (χ1) is 11.3. The first-order valence-corrected chi connectivity index (χ1v) is 8.33. The fourth-order valence-electron chi connectivity index (χ4n) is 2.95. The van der Waals surface area contributed by atoms with Crippen molar-refractivity contribution in [2.45, 2.75) is 25.8 Å². The number of nitrogens with one attached hydrogen (secondary N) is 2. The lowest BCUT2D eigenvalue weighted by atomic mass is 10.1. The molecule has 1 unspecified atom stereocenters. The second-order valence-corrected chi connectivity index (χ2v) is 6.93. The molecule has 1 saturated carbocycles. The van der Waals surface area contributed by atoms with Gasteiger partial charge in [0.25, 0.3) is 0 Å². The van der Waals surface area contributed by atoms with E-state index in [4.69, 9.17) is 0 Å². The second kappa shape index (κ2) is 7.66. The number of rotatable bonds is 6. The highest BCUT2D eigenvalue weighted by atomic mass is 16.2. The average molecular weight is 332 g/mol. The van der Waals surface area contributed by atoms with E-state index in [0.29, 0.717) is 24.2 Å². The van der Waals surface area contributed by atoms with Crippen LogP contribution in [-0.2, 0) is 9.59 Å². The Kier molecular flexibility index (Phi) is 5.83. The minimum atomic E-state index is -0.625. The van der Waals surface area contributed by atoms with Crippen LogP contribution in [0, 0.1) is 12.8 Å². The van der Waals surface area contributed by atoms with Crippen LogP contribution in [0.3, 0.4) is 0 Å². The number of likely N-dealkylation sites (N-methyl/N-ethyl adjacent to an activating group) is 1. The smallest absolute Gasteiger partial charge is 0.313 e. The number of carbonyl (C=O) groups is 2. The van der Waals surface area contributed by atoms with E-state index in [1.165, 1.54) is 12.8 Å². The molecule has 2 N–H and O–H groups in total. The topological polar surface area (TPSA) is 64.7 Å². The number of aryl methyl sites for hydroxylation is 1. The largest absolute Gasteiger partial charge is 0.377 e. The molecule has 1 aromatic carbocycles.